The van der Waals surface area contributed by atoms with Gasteiger partial charge in [-0.25, -0.2) is 4.79 Å². The van der Waals surface area contributed by atoms with Gasteiger partial charge in [-0.3, -0.25) is 0 Å². The highest BCUT2D eigenvalue weighted by molar-refractivity contribution is 5.68. The molecule has 5 nitrogen and oxygen atoms in total. The molecule has 0 saturated carbocycles. The van der Waals surface area contributed by atoms with Gasteiger partial charge in [-0.1, -0.05) is 12.1 Å². The smallest absolute Gasteiger partial charge is 0.410 e. The van der Waals surface area contributed by atoms with E-state index in [1.807, 2.05) is 45.0 Å². The fourth-order valence-corrected chi connectivity index (χ4v) is 3.00. The third-order valence-electron chi connectivity index (χ3n) is 4.16. The Labute approximate surface area is 138 Å². The van der Waals surface area contributed by atoms with Gasteiger partial charge >= 0.3 is 6.09 Å². The van der Waals surface area contributed by atoms with Crippen LogP contribution in [-0.2, 0) is 4.74 Å². The largest absolute Gasteiger partial charge is 0.497 e. The first kappa shape index (κ1) is 17.6. The molecule has 2 rings (SSSR count). The number of benzene rings is 1. The minimum absolute atomic E-state index is 0.0182. The van der Waals surface area contributed by atoms with Crippen LogP contribution >= 0.6 is 0 Å². The lowest BCUT2D eigenvalue weighted by Crippen LogP contribution is -2.46. The molecule has 1 heterocycles. The van der Waals surface area contributed by atoms with Gasteiger partial charge in [-0.2, -0.15) is 0 Å². The van der Waals surface area contributed by atoms with E-state index in [0.29, 0.717) is 13.1 Å². The lowest BCUT2D eigenvalue weighted by atomic mass is 9.81. The summed E-state index contributed by atoms with van der Waals surface area (Å²) in [6.45, 7) is 6.79. The zero-order valence-electron chi connectivity index (χ0n) is 14.4. The summed E-state index contributed by atoms with van der Waals surface area (Å²) in [5, 5.41) is 9.75. The van der Waals surface area contributed by atoms with E-state index < -0.39 is 5.60 Å². The number of aliphatic hydroxyl groups excluding tert-OH is 1. The number of aliphatic hydroxyl groups is 1. The third-order valence-corrected chi connectivity index (χ3v) is 4.16. The molecule has 1 saturated heterocycles. The third kappa shape index (κ3) is 4.61. The summed E-state index contributed by atoms with van der Waals surface area (Å²) in [5.74, 6) is 1.08. The van der Waals surface area contributed by atoms with Crippen molar-refractivity contribution >= 4 is 6.09 Å². The minimum atomic E-state index is -0.501. The highest BCUT2D eigenvalue weighted by Gasteiger charge is 2.33. The normalized spacial score (nSPS) is 21.9. The predicted octanol–water partition coefficient (Wildman–Crippen LogP) is 3.03. The number of nitrogens with zero attached hydrogens (tertiary/aromatic N) is 1. The first-order valence-corrected chi connectivity index (χ1v) is 8.07. The average Bonchev–Trinajstić information content (AvgIpc) is 2.52. The molecule has 128 valence electrons. The average molecular weight is 321 g/mol. The van der Waals surface area contributed by atoms with Crippen molar-refractivity contribution in [3.05, 3.63) is 29.8 Å². The molecule has 0 aliphatic carbocycles. The first-order valence-electron chi connectivity index (χ1n) is 8.07. The van der Waals surface area contributed by atoms with Gasteiger partial charge in [0, 0.05) is 25.6 Å². The van der Waals surface area contributed by atoms with Crippen LogP contribution in [0.25, 0.3) is 0 Å². The molecule has 2 atom stereocenters. The minimum Gasteiger partial charge on any atom is -0.497 e. The van der Waals surface area contributed by atoms with Crippen molar-refractivity contribution < 1.29 is 19.4 Å². The van der Waals surface area contributed by atoms with Gasteiger partial charge in [0.1, 0.15) is 11.4 Å². The number of hydrogen-bond acceptors (Lipinski definition) is 4. The van der Waals surface area contributed by atoms with E-state index in [4.69, 9.17) is 9.47 Å². The molecule has 0 radical (unpaired) electrons. The number of piperidine rings is 1. The van der Waals surface area contributed by atoms with Crippen LogP contribution in [0.1, 0.15) is 38.7 Å². The van der Waals surface area contributed by atoms with E-state index in [2.05, 4.69) is 0 Å². The Hall–Kier alpha value is -1.75. The highest BCUT2D eigenvalue weighted by Crippen LogP contribution is 2.34. The Balaban J connectivity index is 2.05. The van der Waals surface area contributed by atoms with Crippen LogP contribution in [0.5, 0.6) is 5.75 Å². The van der Waals surface area contributed by atoms with E-state index in [1.165, 1.54) is 5.56 Å². The second-order valence-corrected chi connectivity index (χ2v) is 7.04. The zero-order chi connectivity index (χ0) is 17.0. The second-order valence-electron chi connectivity index (χ2n) is 7.04. The van der Waals surface area contributed by atoms with Crippen LogP contribution in [0.3, 0.4) is 0 Å². The van der Waals surface area contributed by atoms with Crippen molar-refractivity contribution in [3.63, 3.8) is 0 Å². The van der Waals surface area contributed by atoms with Gasteiger partial charge in [-0.05, 0) is 50.8 Å². The molecule has 1 aliphatic rings. The number of ether oxygens (including phenoxy) is 2. The Kier molecular flexibility index (Phi) is 5.52. The van der Waals surface area contributed by atoms with Gasteiger partial charge < -0.3 is 19.5 Å². The molecule has 1 aromatic rings. The maximum Gasteiger partial charge on any atom is 0.410 e. The van der Waals surface area contributed by atoms with Gasteiger partial charge in [0.15, 0.2) is 0 Å². The molecule has 5 heteroatoms. The van der Waals surface area contributed by atoms with E-state index in [0.717, 1.165) is 12.2 Å². The van der Waals surface area contributed by atoms with Crippen LogP contribution in [0.4, 0.5) is 4.79 Å². The van der Waals surface area contributed by atoms with Crippen molar-refractivity contribution in [2.75, 3.05) is 26.8 Å². The van der Waals surface area contributed by atoms with E-state index in [9.17, 15) is 9.90 Å². The summed E-state index contributed by atoms with van der Waals surface area (Å²) >= 11 is 0. The fraction of sp³-hybridized carbons (Fsp3) is 0.611. The molecular formula is C18H27NO4. The molecule has 1 amide bonds. The van der Waals surface area contributed by atoms with Crippen molar-refractivity contribution in [2.45, 2.75) is 38.7 Å². The molecule has 1 aliphatic heterocycles. The van der Waals surface area contributed by atoms with Crippen molar-refractivity contribution in [3.8, 4) is 5.75 Å². The van der Waals surface area contributed by atoms with Gasteiger partial charge in [0.25, 0.3) is 0 Å². The number of rotatable bonds is 3. The van der Waals surface area contributed by atoms with Crippen molar-refractivity contribution in [1.82, 2.24) is 4.90 Å². The highest BCUT2D eigenvalue weighted by atomic mass is 16.6. The molecule has 0 bridgehead atoms. The topological polar surface area (TPSA) is 59.0 Å². The van der Waals surface area contributed by atoms with Crippen LogP contribution in [0.15, 0.2) is 24.3 Å². The number of methoxy groups -OCH3 is 1. The van der Waals surface area contributed by atoms with Crippen LogP contribution in [0.2, 0.25) is 0 Å². The molecular weight excluding hydrogens is 294 g/mol. The number of amides is 1. The SMILES string of the molecule is COc1ccc(C2CCN(C(=O)OC(C)(C)C)CC2CO)cc1. The molecule has 1 N–H and O–H groups in total. The Bertz CT molecular complexity index is 521. The lowest BCUT2D eigenvalue weighted by Gasteiger charge is -2.38. The van der Waals surface area contributed by atoms with Gasteiger partial charge in [0.05, 0.1) is 7.11 Å². The van der Waals surface area contributed by atoms with E-state index in [-0.39, 0.29) is 24.5 Å². The van der Waals surface area contributed by atoms with Crippen LogP contribution in [0, 0.1) is 5.92 Å². The number of likely N-dealkylation sites (tertiary alicyclic amines) is 1. The van der Waals surface area contributed by atoms with Crippen LogP contribution in [-0.4, -0.2) is 48.5 Å². The van der Waals surface area contributed by atoms with Crippen LogP contribution < -0.4 is 4.74 Å². The standard InChI is InChI=1S/C18H27NO4/c1-18(2,3)23-17(21)19-10-9-16(14(11-19)12-20)13-5-7-15(22-4)8-6-13/h5-8,14,16,20H,9-12H2,1-4H3. The summed E-state index contributed by atoms with van der Waals surface area (Å²) < 4.78 is 10.6. The summed E-state index contributed by atoms with van der Waals surface area (Å²) in [6, 6.07) is 7.94. The number of carbonyl (C=O) groups is 1. The lowest BCUT2D eigenvalue weighted by molar-refractivity contribution is 0.0102. The van der Waals surface area contributed by atoms with Crippen molar-refractivity contribution in [2.24, 2.45) is 5.92 Å². The molecule has 0 aromatic heterocycles. The Morgan fingerprint density at radius 1 is 1.30 bits per heavy atom. The molecule has 23 heavy (non-hydrogen) atoms. The summed E-state index contributed by atoms with van der Waals surface area (Å²) in [7, 11) is 1.64. The number of hydrogen-bond donors (Lipinski definition) is 1. The summed E-state index contributed by atoms with van der Waals surface area (Å²) in [5.41, 5.74) is 0.673. The molecule has 1 aromatic carbocycles. The predicted molar refractivity (Wildman–Crippen MR) is 88.7 cm³/mol. The zero-order valence-corrected chi connectivity index (χ0v) is 14.4. The monoisotopic (exact) mass is 321 g/mol. The summed E-state index contributed by atoms with van der Waals surface area (Å²) in [4.78, 5) is 13.9. The number of carbonyl (C=O) groups excluding carboxylic acids is 1. The maximum atomic E-state index is 12.2. The first-order chi connectivity index (χ1) is 10.8. The second kappa shape index (κ2) is 7.21. The summed E-state index contributed by atoms with van der Waals surface area (Å²) in [6.07, 6.45) is 0.515. The maximum absolute atomic E-state index is 12.2. The Morgan fingerprint density at radius 3 is 2.48 bits per heavy atom. The molecule has 2 unspecified atom stereocenters. The van der Waals surface area contributed by atoms with E-state index >= 15 is 0 Å². The van der Waals surface area contributed by atoms with Crippen molar-refractivity contribution in [1.29, 1.82) is 0 Å². The molecule has 0 spiro atoms. The molecule has 1 fully saturated rings. The van der Waals surface area contributed by atoms with Gasteiger partial charge in [0.2, 0.25) is 0 Å². The quantitative estimate of drug-likeness (QED) is 0.929. The Morgan fingerprint density at radius 2 is 1.96 bits per heavy atom. The van der Waals surface area contributed by atoms with E-state index in [1.54, 1.807) is 12.0 Å². The van der Waals surface area contributed by atoms with Gasteiger partial charge in [-0.15, -0.1) is 0 Å². The fourth-order valence-electron chi connectivity index (χ4n) is 3.00.